The molecule has 144 valence electrons. The minimum Gasteiger partial charge on any atom is -0.379 e. The predicted molar refractivity (Wildman–Crippen MR) is 102 cm³/mol. The van der Waals surface area contributed by atoms with E-state index in [9.17, 15) is 9.59 Å². The summed E-state index contributed by atoms with van der Waals surface area (Å²) in [5.41, 5.74) is 1.72. The van der Waals surface area contributed by atoms with Gasteiger partial charge in [0.25, 0.3) is 0 Å². The van der Waals surface area contributed by atoms with Gasteiger partial charge in [-0.1, -0.05) is 18.2 Å². The zero-order valence-electron chi connectivity index (χ0n) is 16.0. The Labute approximate surface area is 155 Å². The minimum absolute atomic E-state index is 0.0117. The number of hydrogen-bond acceptors (Lipinski definition) is 4. The smallest absolute Gasteiger partial charge is 0.321 e. The Morgan fingerprint density at radius 2 is 2.08 bits per heavy atom. The fourth-order valence-corrected chi connectivity index (χ4v) is 3.12. The Morgan fingerprint density at radius 1 is 1.31 bits per heavy atom. The molecule has 3 amide bonds. The van der Waals surface area contributed by atoms with Crippen LogP contribution < -0.4 is 10.6 Å². The summed E-state index contributed by atoms with van der Waals surface area (Å²) in [6, 6.07) is 7.51. The third-order valence-corrected chi connectivity index (χ3v) is 4.41. The van der Waals surface area contributed by atoms with Crippen molar-refractivity contribution >= 4 is 17.6 Å². The van der Waals surface area contributed by atoms with Crippen LogP contribution in [0, 0.1) is 5.92 Å². The Balaban J connectivity index is 2.00. The molecule has 0 radical (unpaired) electrons. The number of nitrogens with one attached hydrogen (secondary N) is 2. The summed E-state index contributed by atoms with van der Waals surface area (Å²) in [6.07, 6.45) is 0.980. The number of amides is 3. The first-order chi connectivity index (χ1) is 12.5. The zero-order chi connectivity index (χ0) is 18.9. The first-order valence-corrected chi connectivity index (χ1v) is 9.06. The molecule has 26 heavy (non-hydrogen) atoms. The molecule has 1 atom stereocenters. The van der Waals surface area contributed by atoms with E-state index >= 15 is 0 Å². The summed E-state index contributed by atoms with van der Waals surface area (Å²) < 4.78 is 5.65. The number of anilines is 1. The Kier molecular flexibility index (Phi) is 7.87. The van der Waals surface area contributed by atoms with Crippen molar-refractivity contribution in [1.82, 2.24) is 15.1 Å². The molecule has 0 saturated carbocycles. The summed E-state index contributed by atoms with van der Waals surface area (Å²) in [6.45, 7) is 3.35. The topological polar surface area (TPSA) is 73.9 Å². The number of rotatable bonds is 6. The monoisotopic (exact) mass is 362 g/mol. The molecule has 1 aromatic carbocycles. The summed E-state index contributed by atoms with van der Waals surface area (Å²) in [5, 5.41) is 5.63. The molecule has 0 unspecified atom stereocenters. The van der Waals surface area contributed by atoms with E-state index in [1.807, 2.05) is 43.3 Å². The summed E-state index contributed by atoms with van der Waals surface area (Å²) >= 11 is 0. The lowest BCUT2D eigenvalue weighted by molar-refractivity contribution is -0.120. The average Bonchev–Trinajstić information content (AvgIpc) is 2.85. The number of aryl methyl sites for hydroxylation is 1. The second-order valence-electron chi connectivity index (χ2n) is 6.91. The van der Waals surface area contributed by atoms with Gasteiger partial charge in [-0.25, -0.2) is 4.79 Å². The summed E-state index contributed by atoms with van der Waals surface area (Å²) in [7, 11) is 5.68. The maximum atomic E-state index is 12.8. The molecule has 0 aliphatic carbocycles. The fraction of sp³-hybridized carbons (Fsp3) is 0.579. The number of urea groups is 1. The van der Waals surface area contributed by atoms with Crippen molar-refractivity contribution in [2.75, 3.05) is 59.3 Å². The van der Waals surface area contributed by atoms with Crippen molar-refractivity contribution in [3.63, 3.8) is 0 Å². The summed E-state index contributed by atoms with van der Waals surface area (Å²) in [5.74, 6) is 0.282. The van der Waals surface area contributed by atoms with Crippen molar-refractivity contribution in [2.24, 2.45) is 5.92 Å². The molecule has 1 aromatic rings. The van der Waals surface area contributed by atoms with E-state index in [1.165, 1.54) is 0 Å². The van der Waals surface area contributed by atoms with Gasteiger partial charge in [0, 0.05) is 44.7 Å². The third-order valence-electron chi connectivity index (χ3n) is 4.41. The molecular weight excluding hydrogens is 332 g/mol. The number of ether oxygens (including phenoxy) is 1. The molecule has 1 aliphatic heterocycles. The second kappa shape index (κ2) is 10.1. The highest BCUT2D eigenvalue weighted by molar-refractivity contribution is 5.90. The highest BCUT2D eigenvalue weighted by atomic mass is 16.5. The van der Waals surface area contributed by atoms with Crippen LogP contribution in [-0.2, 0) is 16.0 Å². The van der Waals surface area contributed by atoms with Gasteiger partial charge >= 0.3 is 6.03 Å². The summed E-state index contributed by atoms with van der Waals surface area (Å²) in [4.78, 5) is 28.2. The van der Waals surface area contributed by atoms with E-state index in [1.54, 1.807) is 7.05 Å². The lowest BCUT2D eigenvalue weighted by Crippen LogP contribution is -2.41. The van der Waals surface area contributed by atoms with Crippen LogP contribution in [0.25, 0.3) is 0 Å². The molecule has 1 heterocycles. The van der Waals surface area contributed by atoms with Gasteiger partial charge in [-0.2, -0.15) is 0 Å². The fourth-order valence-electron chi connectivity index (χ4n) is 3.12. The van der Waals surface area contributed by atoms with Crippen LogP contribution in [0.3, 0.4) is 0 Å². The quantitative estimate of drug-likeness (QED) is 0.802. The SMILES string of the molecule is CNC(=O)CCc1ccccc1NC(=O)N1CCOC[C@@H](CN(C)C)C1. The molecule has 0 aromatic heterocycles. The molecule has 1 saturated heterocycles. The minimum atomic E-state index is -0.119. The third kappa shape index (κ3) is 6.31. The van der Waals surface area contributed by atoms with Gasteiger partial charge < -0.3 is 25.2 Å². The van der Waals surface area contributed by atoms with E-state index in [0.717, 1.165) is 17.8 Å². The van der Waals surface area contributed by atoms with E-state index in [-0.39, 0.29) is 11.9 Å². The predicted octanol–water partition coefficient (Wildman–Crippen LogP) is 1.41. The van der Waals surface area contributed by atoms with Gasteiger partial charge in [-0.3, -0.25) is 4.79 Å². The van der Waals surface area contributed by atoms with Crippen molar-refractivity contribution < 1.29 is 14.3 Å². The van der Waals surface area contributed by atoms with Crippen LogP contribution in [0.4, 0.5) is 10.5 Å². The lowest BCUT2D eigenvalue weighted by Gasteiger charge is -2.26. The maximum absolute atomic E-state index is 12.8. The highest BCUT2D eigenvalue weighted by Gasteiger charge is 2.23. The number of carbonyl (C=O) groups excluding carboxylic acids is 2. The second-order valence-corrected chi connectivity index (χ2v) is 6.91. The van der Waals surface area contributed by atoms with E-state index in [0.29, 0.717) is 45.1 Å². The number of benzene rings is 1. The molecule has 0 spiro atoms. The molecule has 7 heteroatoms. The zero-order valence-corrected chi connectivity index (χ0v) is 16.0. The first kappa shape index (κ1) is 20.2. The van der Waals surface area contributed by atoms with Crippen LogP contribution in [0.2, 0.25) is 0 Å². The average molecular weight is 362 g/mol. The van der Waals surface area contributed by atoms with Gasteiger partial charge in [0.15, 0.2) is 0 Å². The Bertz CT molecular complexity index is 606. The molecule has 1 aliphatic rings. The normalized spacial score (nSPS) is 17.7. The number of carbonyl (C=O) groups is 2. The molecule has 0 bridgehead atoms. The van der Waals surface area contributed by atoms with Crippen molar-refractivity contribution in [1.29, 1.82) is 0 Å². The molecule has 2 rings (SSSR count). The highest BCUT2D eigenvalue weighted by Crippen LogP contribution is 2.18. The van der Waals surface area contributed by atoms with Crippen molar-refractivity contribution in [3.8, 4) is 0 Å². The van der Waals surface area contributed by atoms with Gasteiger partial charge in [0.2, 0.25) is 5.91 Å². The van der Waals surface area contributed by atoms with E-state index in [4.69, 9.17) is 4.74 Å². The lowest BCUT2D eigenvalue weighted by atomic mass is 10.1. The van der Waals surface area contributed by atoms with Crippen LogP contribution >= 0.6 is 0 Å². The molecule has 7 nitrogen and oxygen atoms in total. The number of hydrogen-bond donors (Lipinski definition) is 2. The number of nitrogens with zero attached hydrogens (tertiary/aromatic N) is 2. The van der Waals surface area contributed by atoms with Crippen molar-refractivity contribution in [2.45, 2.75) is 12.8 Å². The molecule has 2 N–H and O–H groups in total. The largest absolute Gasteiger partial charge is 0.379 e. The number of para-hydroxylation sites is 1. The Morgan fingerprint density at radius 3 is 2.81 bits per heavy atom. The van der Waals surface area contributed by atoms with Crippen LogP contribution in [0.15, 0.2) is 24.3 Å². The van der Waals surface area contributed by atoms with Gasteiger partial charge in [0.1, 0.15) is 0 Å². The van der Waals surface area contributed by atoms with Crippen LogP contribution in [0.5, 0.6) is 0 Å². The first-order valence-electron chi connectivity index (χ1n) is 9.06. The van der Waals surface area contributed by atoms with Crippen LogP contribution in [0.1, 0.15) is 12.0 Å². The standard InChI is InChI=1S/C19H30N4O3/c1-20-18(24)9-8-16-6-4-5-7-17(16)21-19(25)23-10-11-26-14-15(13-23)12-22(2)3/h4-7,15H,8-14H2,1-3H3,(H,20,24)(H,21,25)/t15-/m0/s1. The van der Waals surface area contributed by atoms with Crippen LogP contribution in [-0.4, -0.2) is 75.7 Å². The Hall–Kier alpha value is -2.12. The van der Waals surface area contributed by atoms with E-state index < -0.39 is 0 Å². The van der Waals surface area contributed by atoms with Gasteiger partial charge in [0.05, 0.1) is 13.2 Å². The van der Waals surface area contributed by atoms with Crippen molar-refractivity contribution in [3.05, 3.63) is 29.8 Å². The maximum Gasteiger partial charge on any atom is 0.321 e. The van der Waals surface area contributed by atoms with E-state index in [2.05, 4.69) is 15.5 Å². The molecular formula is C19H30N4O3. The molecule has 1 fully saturated rings. The van der Waals surface area contributed by atoms with Gasteiger partial charge in [-0.15, -0.1) is 0 Å². The van der Waals surface area contributed by atoms with Gasteiger partial charge in [-0.05, 0) is 32.1 Å².